The Hall–Kier alpha value is -2.42. The number of nitriles is 1. The van der Waals surface area contributed by atoms with Gasteiger partial charge in [0.05, 0.1) is 12.5 Å². The summed E-state index contributed by atoms with van der Waals surface area (Å²) in [6.45, 7) is 1.66. The number of benzene rings is 1. The van der Waals surface area contributed by atoms with Gasteiger partial charge in [-0.25, -0.2) is 4.39 Å². The Bertz CT molecular complexity index is 522. The number of carbonyl (C=O) groups is 2. The van der Waals surface area contributed by atoms with Crippen LogP contribution in [-0.2, 0) is 16.0 Å². The molecular weight excluding hydrogens is 261 g/mol. The van der Waals surface area contributed by atoms with Crippen LogP contribution in [0, 0.1) is 23.1 Å². The van der Waals surface area contributed by atoms with E-state index in [1.165, 1.54) is 24.3 Å². The lowest BCUT2D eigenvalue weighted by Gasteiger charge is -2.20. The van der Waals surface area contributed by atoms with Gasteiger partial charge in [0.2, 0.25) is 11.8 Å². The largest absolute Gasteiger partial charge is 0.368 e. The molecule has 106 valence electrons. The van der Waals surface area contributed by atoms with Crippen molar-refractivity contribution in [1.29, 1.82) is 5.26 Å². The number of amides is 2. The maximum atomic E-state index is 12.7. The van der Waals surface area contributed by atoms with Crippen molar-refractivity contribution in [2.45, 2.75) is 25.8 Å². The molecule has 1 rings (SSSR count). The van der Waals surface area contributed by atoms with E-state index in [4.69, 9.17) is 11.0 Å². The first-order chi connectivity index (χ1) is 9.43. The highest BCUT2D eigenvalue weighted by Gasteiger charge is 2.24. The highest BCUT2D eigenvalue weighted by atomic mass is 19.1. The summed E-state index contributed by atoms with van der Waals surface area (Å²) < 4.78 is 12.7. The van der Waals surface area contributed by atoms with Crippen LogP contribution in [0.5, 0.6) is 0 Å². The third kappa shape index (κ3) is 4.69. The van der Waals surface area contributed by atoms with Crippen molar-refractivity contribution < 1.29 is 14.0 Å². The van der Waals surface area contributed by atoms with E-state index in [0.717, 1.165) is 0 Å². The van der Waals surface area contributed by atoms with Gasteiger partial charge in [-0.3, -0.25) is 9.59 Å². The van der Waals surface area contributed by atoms with E-state index in [2.05, 4.69) is 5.32 Å². The molecule has 0 bridgehead atoms. The predicted molar refractivity (Wildman–Crippen MR) is 70.6 cm³/mol. The number of rotatable bonds is 6. The van der Waals surface area contributed by atoms with Gasteiger partial charge >= 0.3 is 0 Å². The third-order valence-electron chi connectivity index (χ3n) is 2.88. The third-order valence-corrected chi connectivity index (χ3v) is 2.88. The summed E-state index contributed by atoms with van der Waals surface area (Å²) in [5, 5.41) is 11.1. The van der Waals surface area contributed by atoms with Gasteiger partial charge in [0.15, 0.2) is 0 Å². The zero-order chi connectivity index (χ0) is 15.1. The number of hydrogen-bond donors (Lipinski definition) is 2. The lowest BCUT2D eigenvalue weighted by atomic mass is 9.98. The van der Waals surface area contributed by atoms with Crippen LogP contribution in [0.15, 0.2) is 24.3 Å². The Morgan fingerprint density at radius 2 is 2.00 bits per heavy atom. The quantitative estimate of drug-likeness (QED) is 0.808. The second-order valence-corrected chi connectivity index (χ2v) is 4.59. The first kappa shape index (κ1) is 15.6. The fourth-order valence-electron chi connectivity index (χ4n) is 1.77. The molecule has 0 aliphatic rings. The lowest BCUT2D eigenvalue weighted by Crippen LogP contribution is -2.48. The molecule has 0 radical (unpaired) electrons. The summed E-state index contributed by atoms with van der Waals surface area (Å²) in [6, 6.07) is 6.54. The first-order valence-electron chi connectivity index (χ1n) is 6.14. The van der Waals surface area contributed by atoms with Crippen LogP contribution in [0.2, 0.25) is 0 Å². The van der Waals surface area contributed by atoms with E-state index in [9.17, 15) is 14.0 Å². The van der Waals surface area contributed by atoms with Gasteiger partial charge in [-0.1, -0.05) is 19.1 Å². The van der Waals surface area contributed by atoms with Crippen molar-refractivity contribution in [2.75, 3.05) is 0 Å². The molecule has 3 N–H and O–H groups in total. The number of primary amides is 1. The minimum absolute atomic E-state index is 0.0172. The van der Waals surface area contributed by atoms with Crippen LogP contribution < -0.4 is 11.1 Å². The van der Waals surface area contributed by atoms with Crippen molar-refractivity contribution in [3.63, 3.8) is 0 Å². The van der Waals surface area contributed by atoms with Crippen LogP contribution in [-0.4, -0.2) is 17.9 Å². The summed E-state index contributed by atoms with van der Waals surface area (Å²) in [7, 11) is 0. The summed E-state index contributed by atoms with van der Waals surface area (Å²) in [6.07, 6.45) is 0.133. The molecule has 20 heavy (non-hydrogen) atoms. The zero-order valence-electron chi connectivity index (χ0n) is 11.1. The van der Waals surface area contributed by atoms with Gasteiger partial charge in [0.1, 0.15) is 11.9 Å². The standard InChI is InChI=1S/C14H16FN3O2/c1-9(6-7-16)13(14(17)20)18-12(19)8-10-2-4-11(15)5-3-10/h2-5,9,13H,6,8H2,1H3,(H2,17,20)(H,18,19)/t9-,13-/m1/s1. The van der Waals surface area contributed by atoms with Crippen LogP contribution in [0.3, 0.4) is 0 Å². The maximum absolute atomic E-state index is 12.7. The Balaban J connectivity index is 2.65. The number of nitrogens with zero attached hydrogens (tertiary/aromatic N) is 1. The molecule has 0 fully saturated rings. The van der Waals surface area contributed by atoms with E-state index in [-0.39, 0.29) is 24.6 Å². The molecule has 0 spiro atoms. The molecular formula is C14H16FN3O2. The topological polar surface area (TPSA) is 96.0 Å². The molecule has 0 aliphatic heterocycles. The predicted octanol–water partition coefficient (Wildman–Crippen LogP) is 0.888. The Morgan fingerprint density at radius 1 is 1.40 bits per heavy atom. The number of nitrogens with one attached hydrogen (secondary N) is 1. The Kier molecular flexibility index (Phi) is 5.66. The molecule has 0 saturated carbocycles. The molecule has 2 amide bonds. The van der Waals surface area contributed by atoms with Crippen LogP contribution in [0.4, 0.5) is 4.39 Å². The molecule has 6 heteroatoms. The molecule has 0 aliphatic carbocycles. The Morgan fingerprint density at radius 3 is 2.50 bits per heavy atom. The fraction of sp³-hybridized carbons (Fsp3) is 0.357. The smallest absolute Gasteiger partial charge is 0.240 e. The molecule has 2 atom stereocenters. The minimum Gasteiger partial charge on any atom is -0.368 e. The molecule has 5 nitrogen and oxygen atoms in total. The monoisotopic (exact) mass is 277 g/mol. The van der Waals surface area contributed by atoms with E-state index in [1.807, 2.05) is 6.07 Å². The SMILES string of the molecule is C[C@H](CC#N)[C@@H](NC(=O)Cc1ccc(F)cc1)C(N)=O. The second kappa shape index (κ2) is 7.24. The van der Waals surface area contributed by atoms with E-state index < -0.39 is 17.9 Å². The van der Waals surface area contributed by atoms with Crippen molar-refractivity contribution in [3.05, 3.63) is 35.6 Å². The van der Waals surface area contributed by atoms with Crippen molar-refractivity contribution in [2.24, 2.45) is 11.7 Å². The molecule has 0 saturated heterocycles. The van der Waals surface area contributed by atoms with Crippen molar-refractivity contribution in [3.8, 4) is 6.07 Å². The Labute approximate surface area is 116 Å². The molecule has 1 aromatic rings. The van der Waals surface area contributed by atoms with Crippen LogP contribution in [0.25, 0.3) is 0 Å². The minimum atomic E-state index is -0.886. The van der Waals surface area contributed by atoms with E-state index >= 15 is 0 Å². The first-order valence-corrected chi connectivity index (χ1v) is 6.14. The van der Waals surface area contributed by atoms with E-state index in [0.29, 0.717) is 5.56 Å². The molecule has 0 unspecified atom stereocenters. The average molecular weight is 277 g/mol. The van der Waals surface area contributed by atoms with Gasteiger partial charge in [0.25, 0.3) is 0 Å². The van der Waals surface area contributed by atoms with Gasteiger partial charge in [-0.2, -0.15) is 5.26 Å². The summed E-state index contributed by atoms with van der Waals surface area (Å²) >= 11 is 0. The zero-order valence-corrected chi connectivity index (χ0v) is 11.1. The van der Waals surface area contributed by atoms with Gasteiger partial charge < -0.3 is 11.1 Å². The van der Waals surface area contributed by atoms with Gasteiger partial charge in [-0.05, 0) is 23.6 Å². The second-order valence-electron chi connectivity index (χ2n) is 4.59. The lowest BCUT2D eigenvalue weighted by molar-refractivity contribution is -0.128. The van der Waals surface area contributed by atoms with Gasteiger partial charge in [-0.15, -0.1) is 0 Å². The summed E-state index contributed by atoms with van der Waals surface area (Å²) in [5.74, 6) is -1.83. The van der Waals surface area contributed by atoms with Crippen molar-refractivity contribution in [1.82, 2.24) is 5.32 Å². The van der Waals surface area contributed by atoms with Crippen LogP contribution >= 0.6 is 0 Å². The summed E-state index contributed by atoms with van der Waals surface area (Å²) in [5.41, 5.74) is 5.84. The van der Waals surface area contributed by atoms with Crippen LogP contribution in [0.1, 0.15) is 18.9 Å². The number of hydrogen-bond acceptors (Lipinski definition) is 3. The number of carbonyl (C=O) groups excluding carboxylic acids is 2. The molecule has 0 aromatic heterocycles. The van der Waals surface area contributed by atoms with Gasteiger partial charge in [0, 0.05) is 6.42 Å². The normalized spacial score (nSPS) is 13.1. The average Bonchev–Trinajstić information content (AvgIpc) is 2.38. The highest BCUT2D eigenvalue weighted by Crippen LogP contribution is 2.08. The fourth-order valence-corrected chi connectivity index (χ4v) is 1.77. The summed E-state index contributed by atoms with van der Waals surface area (Å²) in [4.78, 5) is 23.1. The van der Waals surface area contributed by atoms with Crippen molar-refractivity contribution >= 4 is 11.8 Å². The maximum Gasteiger partial charge on any atom is 0.240 e. The number of nitrogens with two attached hydrogens (primary N) is 1. The highest BCUT2D eigenvalue weighted by molar-refractivity contribution is 5.87. The molecule has 0 heterocycles. The molecule has 1 aromatic carbocycles. The number of halogens is 1. The van der Waals surface area contributed by atoms with E-state index in [1.54, 1.807) is 6.92 Å².